The summed E-state index contributed by atoms with van der Waals surface area (Å²) in [5, 5.41) is 3.01. The molecule has 0 saturated heterocycles. The second-order valence-electron chi connectivity index (χ2n) is 7.63. The zero-order valence-electron chi connectivity index (χ0n) is 18.6. The molecule has 9 nitrogen and oxygen atoms in total. The molecule has 3 aromatic heterocycles. The number of likely N-dealkylation sites (N-methyl/N-ethyl adjacent to an activating group) is 1. The fourth-order valence-corrected chi connectivity index (χ4v) is 3.36. The van der Waals surface area contributed by atoms with Crippen molar-refractivity contribution in [2.75, 3.05) is 31.6 Å². The zero-order valence-corrected chi connectivity index (χ0v) is 19.4. The van der Waals surface area contributed by atoms with Crippen molar-refractivity contribution in [1.29, 1.82) is 0 Å². The van der Waals surface area contributed by atoms with Crippen LogP contribution in [0.5, 0.6) is 0 Å². The number of nitrogens with one attached hydrogen (secondary N) is 2. The molecule has 0 aromatic carbocycles. The summed E-state index contributed by atoms with van der Waals surface area (Å²) in [4.78, 5) is 43.2. The predicted molar refractivity (Wildman–Crippen MR) is 121 cm³/mol. The minimum Gasteiger partial charge on any atom is -0.345 e. The van der Waals surface area contributed by atoms with Gasteiger partial charge in [-0.1, -0.05) is 11.6 Å². The van der Waals surface area contributed by atoms with E-state index in [9.17, 15) is 22.8 Å². The number of aromatic nitrogens is 4. The van der Waals surface area contributed by atoms with Gasteiger partial charge < -0.3 is 20.1 Å². The Hall–Kier alpha value is -3.41. The van der Waals surface area contributed by atoms with Gasteiger partial charge >= 0.3 is 6.18 Å². The van der Waals surface area contributed by atoms with Gasteiger partial charge in [-0.15, -0.1) is 0 Å². The third-order valence-corrected chi connectivity index (χ3v) is 5.40. The Kier molecular flexibility index (Phi) is 7.60. The molecule has 182 valence electrons. The highest BCUT2D eigenvalue weighted by atomic mass is 35.5. The number of fused-ring (bicyclic) bond motifs is 1. The number of halogens is 4. The second-order valence-corrected chi connectivity index (χ2v) is 8.07. The number of anilines is 1. The van der Waals surface area contributed by atoms with Crippen LogP contribution in [0.3, 0.4) is 0 Å². The third-order valence-electron chi connectivity index (χ3n) is 5.20. The van der Waals surface area contributed by atoms with Crippen molar-refractivity contribution in [2.24, 2.45) is 0 Å². The number of amides is 2. The number of carbonyl (C=O) groups is 2. The smallest absolute Gasteiger partial charge is 0.345 e. The minimum atomic E-state index is -4.54. The molecule has 0 bridgehead atoms. The number of pyridine rings is 1. The van der Waals surface area contributed by atoms with Gasteiger partial charge in [0.25, 0.3) is 0 Å². The summed E-state index contributed by atoms with van der Waals surface area (Å²) in [5.74, 6) is -0.409. The number of nitrogens with zero attached hydrogens (tertiary/aromatic N) is 5. The molecule has 0 radical (unpaired) electrons. The lowest BCUT2D eigenvalue weighted by Crippen LogP contribution is -2.50. The molecule has 0 saturated carbocycles. The van der Waals surface area contributed by atoms with Crippen LogP contribution in [0.15, 0.2) is 30.7 Å². The number of aromatic amines is 1. The van der Waals surface area contributed by atoms with E-state index in [4.69, 9.17) is 11.6 Å². The number of hydrogen-bond donors (Lipinski definition) is 2. The van der Waals surface area contributed by atoms with Crippen molar-refractivity contribution < 1.29 is 22.8 Å². The fourth-order valence-electron chi connectivity index (χ4n) is 3.20. The van der Waals surface area contributed by atoms with Gasteiger partial charge in [-0.05, 0) is 19.1 Å². The van der Waals surface area contributed by atoms with E-state index >= 15 is 0 Å². The highest BCUT2D eigenvalue weighted by molar-refractivity contribution is 6.31. The predicted octanol–water partition coefficient (Wildman–Crippen LogP) is 3.03. The molecule has 0 aliphatic heterocycles. The highest BCUT2D eigenvalue weighted by Crippen LogP contribution is 2.28. The van der Waals surface area contributed by atoms with Gasteiger partial charge in [-0.3, -0.25) is 9.59 Å². The van der Waals surface area contributed by atoms with Crippen molar-refractivity contribution in [3.05, 3.63) is 35.7 Å². The largest absolute Gasteiger partial charge is 0.405 e. The van der Waals surface area contributed by atoms with E-state index in [1.807, 2.05) is 5.32 Å². The molecule has 2 amide bonds. The minimum absolute atomic E-state index is 0.147. The first kappa shape index (κ1) is 25.2. The Balaban J connectivity index is 1.94. The van der Waals surface area contributed by atoms with Crippen LogP contribution in [-0.2, 0) is 9.59 Å². The van der Waals surface area contributed by atoms with Crippen molar-refractivity contribution in [3.8, 4) is 11.4 Å². The average molecular weight is 498 g/mol. The maximum atomic E-state index is 12.6. The van der Waals surface area contributed by atoms with E-state index in [-0.39, 0.29) is 19.0 Å². The standard InChI is InChI=1S/C21H23ClF3N7O2/c1-12(20(34)29-11-21(23,24)25)32(7-6-31(3)13(2)33)17-4-5-26-19(30-17)16-10-28-18-15(16)8-14(22)9-27-18/h4-5,8-10,12H,6-7,11H2,1-3H3,(H,27,28)(H,29,34)/t12-/m0/s1. The normalized spacial score (nSPS) is 12.4. The Bertz CT molecular complexity index is 1180. The average Bonchev–Trinajstić information content (AvgIpc) is 3.20. The summed E-state index contributed by atoms with van der Waals surface area (Å²) < 4.78 is 37.8. The molecule has 0 unspecified atom stereocenters. The summed E-state index contributed by atoms with van der Waals surface area (Å²) in [7, 11) is 1.59. The first-order valence-corrected chi connectivity index (χ1v) is 10.6. The summed E-state index contributed by atoms with van der Waals surface area (Å²) in [6, 6.07) is 2.24. The van der Waals surface area contributed by atoms with Gasteiger partial charge in [0.1, 0.15) is 24.1 Å². The lowest BCUT2D eigenvalue weighted by molar-refractivity contribution is -0.139. The number of hydrogen-bond acceptors (Lipinski definition) is 6. The summed E-state index contributed by atoms with van der Waals surface area (Å²) >= 11 is 6.07. The summed E-state index contributed by atoms with van der Waals surface area (Å²) in [6.07, 6.45) is 0.106. The molecular formula is C21H23ClF3N7O2. The van der Waals surface area contributed by atoms with Crippen molar-refractivity contribution in [3.63, 3.8) is 0 Å². The van der Waals surface area contributed by atoms with Crippen LogP contribution < -0.4 is 10.2 Å². The Morgan fingerprint density at radius 3 is 2.68 bits per heavy atom. The van der Waals surface area contributed by atoms with Crippen molar-refractivity contribution >= 4 is 40.3 Å². The molecule has 3 aromatic rings. The zero-order chi connectivity index (χ0) is 25.0. The van der Waals surface area contributed by atoms with Crippen LogP contribution in [0.2, 0.25) is 5.02 Å². The second kappa shape index (κ2) is 10.2. The quantitative estimate of drug-likeness (QED) is 0.495. The molecule has 1 atom stereocenters. The van der Waals surface area contributed by atoms with Gasteiger partial charge in [0.05, 0.1) is 5.02 Å². The molecule has 3 heterocycles. The van der Waals surface area contributed by atoms with Crippen LogP contribution in [0, 0.1) is 0 Å². The Morgan fingerprint density at radius 2 is 2.00 bits per heavy atom. The Morgan fingerprint density at radius 1 is 1.26 bits per heavy atom. The van der Waals surface area contributed by atoms with E-state index in [0.29, 0.717) is 33.3 Å². The van der Waals surface area contributed by atoms with E-state index in [1.165, 1.54) is 36.0 Å². The first-order chi connectivity index (χ1) is 16.0. The lowest BCUT2D eigenvalue weighted by Gasteiger charge is -2.31. The van der Waals surface area contributed by atoms with Crippen LogP contribution in [0.25, 0.3) is 22.4 Å². The van der Waals surface area contributed by atoms with Gasteiger partial charge in [0.15, 0.2) is 5.82 Å². The molecule has 13 heteroatoms. The monoisotopic (exact) mass is 497 g/mol. The maximum absolute atomic E-state index is 12.6. The van der Waals surface area contributed by atoms with Crippen molar-refractivity contribution in [1.82, 2.24) is 30.2 Å². The molecule has 34 heavy (non-hydrogen) atoms. The summed E-state index contributed by atoms with van der Waals surface area (Å²) in [5.41, 5.74) is 1.19. The molecule has 2 N–H and O–H groups in total. The van der Waals surface area contributed by atoms with Crippen molar-refractivity contribution in [2.45, 2.75) is 26.1 Å². The molecule has 0 aliphatic rings. The molecule has 0 fully saturated rings. The molecule has 0 spiro atoms. The number of carbonyl (C=O) groups excluding carboxylic acids is 2. The van der Waals surface area contributed by atoms with E-state index in [2.05, 4.69) is 19.9 Å². The SMILES string of the molecule is CC(=O)N(C)CCN(c1ccnc(-c2c[nH]c3ncc(Cl)cc23)n1)[C@@H](C)C(=O)NCC(F)(F)F. The van der Waals surface area contributed by atoms with E-state index in [0.717, 1.165) is 0 Å². The Labute approximate surface area is 198 Å². The van der Waals surface area contributed by atoms with Crippen LogP contribution in [0.4, 0.5) is 19.0 Å². The van der Waals surface area contributed by atoms with Gasteiger partial charge in [0.2, 0.25) is 11.8 Å². The van der Waals surface area contributed by atoms with Crippen LogP contribution >= 0.6 is 11.6 Å². The van der Waals surface area contributed by atoms with E-state index < -0.39 is 24.7 Å². The van der Waals surface area contributed by atoms with Gasteiger partial charge in [-0.25, -0.2) is 15.0 Å². The number of rotatable bonds is 8. The van der Waals surface area contributed by atoms with Crippen LogP contribution in [0.1, 0.15) is 13.8 Å². The van der Waals surface area contributed by atoms with E-state index in [1.54, 1.807) is 25.4 Å². The lowest BCUT2D eigenvalue weighted by atomic mass is 10.2. The molecule has 0 aliphatic carbocycles. The van der Waals surface area contributed by atoms with Crippen LogP contribution in [-0.4, -0.2) is 75.6 Å². The first-order valence-electron chi connectivity index (χ1n) is 10.2. The fraction of sp³-hybridized carbons (Fsp3) is 0.381. The highest BCUT2D eigenvalue weighted by Gasteiger charge is 2.30. The van der Waals surface area contributed by atoms with Gasteiger partial charge in [0, 0.05) is 56.6 Å². The number of H-pyrrole nitrogens is 1. The van der Waals surface area contributed by atoms with Gasteiger partial charge in [-0.2, -0.15) is 13.2 Å². The molecular weight excluding hydrogens is 475 g/mol. The topological polar surface area (TPSA) is 107 Å². The maximum Gasteiger partial charge on any atom is 0.405 e. The number of alkyl halides is 3. The molecule has 3 rings (SSSR count). The summed E-state index contributed by atoms with van der Waals surface area (Å²) in [6.45, 7) is 1.78. The third kappa shape index (κ3) is 6.13.